The minimum atomic E-state index is -0.213. The largest absolute Gasteiger partial charge is 0.395 e. The summed E-state index contributed by atoms with van der Waals surface area (Å²) in [5.41, 5.74) is 2.98. The minimum Gasteiger partial charge on any atom is -0.395 e. The number of aliphatic hydroxyl groups is 1. The summed E-state index contributed by atoms with van der Waals surface area (Å²) >= 11 is 0. The second-order valence-electron chi connectivity index (χ2n) is 6.52. The first-order valence-corrected chi connectivity index (χ1v) is 8.83. The second-order valence-corrected chi connectivity index (χ2v) is 6.52. The normalized spacial score (nSPS) is 13.7. The first-order valence-electron chi connectivity index (χ1n) is 8.83. The molecule has 2 heterocycles. The molecule has 0 aliphatic heterocycles. The van der Waals surface area contributed by atoms with Crippen LogP contribution in [0.4, 0.5) is 5.82 Å². The Labute approximate surface area is 151 Å². The lowest BCUT2D eigenvalue weighted by Crippen LogP contribution is -2.26. The molecular formula is C19H21N5O2. The monoisotopic (exact) mass is 351 g/mol. The summed E-state index contributed by atoms with van der Waals surface area (Å²) in [6, 6.07) is 11.2. The maximum absolute atomic E-state index is 12.1. The fourth-order valence-corrected chi connectivity index (χ4v) is 2.83. The highest BCUT2D eigenvalue weighted by molar-refractivity contribution is 5.95. The van der Waals surface area contributed by atoms with Crippen molar-refractivity contribution in [3.05, 3.63) is 48.2 Å². The number of aromatic nitrogens is 3. The summed E-state index contributed by atoms with van der Waals surface area (Å²) in [5, 5.41) is 19.5. The number of anilines is 1. The third-order valence-electron chi connectivity index (χ3n) is 4.45. The maximum atomic E-state index is 12.1. The van der Waals surface area contributed by atoms with Gasteiger partial charge in [0.15, 0.2) is 5.65 Å². The van der Waals surface area contributed by atoms with E-state index in [4.69, 9.17) is 5.11 Å². The van der Waals surface area contributed by atoms with E-state index in [-0.39, 0.29) is 19.1 Å². The van der Waals surface area contributed by atoms with Gasteiger partial charge in [-0.25, -0.2) is 9.50 Å². The molecule has 1 aliphatic rings. The van der Waals surface area contributed by atoms with Crippen molar-refractivity contribution in [2.75, 3.05) is 25.0 Å². The van der Waals surface area contributed by atoms with E-state index in [2.05, 4.69) is 20.7 Å². The predicted octanol–water partition coefficient (Wildman–Crippen LogP) is 1.94. The molecule has 3 N–H and O–H groups in total. The van der Waals surface area contributed by atoms with Crippen LogP contribution in [0, 0.1) is 5.92 Å². The number of hydrogen-bond donors (Lipinski definition) is 3. The zero-order valence-electron chi connectivity index (χ0n) is 14.4. The summed E-state index contributed by atoms with van der Waals surface area (Å²) in [7, 11) is 0. The number of aliphatic hydroxyl groups excluding tert-OH is 1. The molecule has 2 aromatic heterocycles. The zero-order valence-corrected chi connectivity index (χ0v) is 14.4. The van der Waals surface area contributed by atoms with Crippen molar-refractivity contribution in [3.63, 3.8) is 0 Å². The molecule has 1 saturated carbocycles. The Morgan fingerprint density at radius 3 is 2.96 bits per heavy atom. The van der Waals surface area contributed by atoms with Crippen molar-refractivity contribution in [2.45, 2.75) is 12.8 Å². The van der Waals surface area contributed by atoms with Gasteiger partial charge in [-0.1, -0.05) is 12.1 Å². The number of benzene rings is 1. The Morgan fingerprint density at radius 2 is 2.15 bits per heavy atom. The second kappa shape index (κ2) is 7.13. The lowest BCUT2D eigenvalue weighted by atomic mass is 10.1. The third-order valence-corrected chi connectivity index (χ3v) is 4.45. The van der Waals surface area contributed by atoms with Crippen LogP contribution in [0.25, 0.3) is 16.9 Å². The zero-order chi connectivity index (χ0) is 17.9. The Hall–Kier alpha value is -2.93. The molecule has 1 aliphatic carbocycles. The SMILES string of the molecule is O=C(NCCO)c1cccc(-c2cnc3ccc(NCC4CC4)nn23)c1. The Balaban J connectivity index is 1.62. The summed E-state index contributed by atoms with van der Waals surface area (Å²) < 4.78 is 1.79. The standard InChI is InChI=1S/C19H21N5O2/c25-9-8-20-19(26)15-3-1-2-14(10-15)16-12-22-18-7-6-17(23-24(16)18)21-11-13-4-5-13/h1-3,6-7,10,12-13,25H,4-5,8-9,11H2,(H,20,26)(H,21,23). The van der Waals surface area contributed by atoms with Crippen LogP contribution in [0.15, 0.2) is 42.6 Å². The number of hydrogen-bond acceptors (Lipinski definition) is 5. The Kier molecular flexibility index (Phi) is 4.53. The van der Waals surface area contributed by atoms with Crippen molar-refractivity contribution >= 4 is 17.4 Å². The van der Waals surface area contributed by atoms with Gasteiger partial charge in [0.2, 0.25) is 0 Å². The van der Waals surface area contributed by atoms with Gasteiger partial charge in [-0.15, -0.1) is 5.10 Å². The summed E-state index contributed by atoms with van der Waals surface area (Å²) in [4.78, 5) is 16.5. The molecule has 26 heavy (non-hydrogen) atoms. The average molecular weight is 351 g/mol. The lowest BCUT2D eigenvalue weighted by molar-refractivity contribution is 0.0945. The molecule has 0 bridgehead atoms. The topological polar surface area (TPSA) is 91.5 Å². The van der Waals surface area contributed by atoms with E-state index < -0.39 is 0 Å². The number of carbonyl (C=O) groups is 1. The number of fused-ring (bicyclic) bond motifs is 1. The molecule has 1 fully saturated rings. The Bertz CT molecular complexity index is 933. The van der Waals surface area contributed by atoms with Gasteiger partial charge >= 0.3 is 0 Å². The van der Waals surface area contributed by atoms with Gasteiger partial charge in [-0.2, -0.15) is 0 Å². The molecule has 1 aromatic carbocycles. The van der Waals surface area contributed by atoms with Crippen LogP contribution in [0.2, 0.25) is 0 Å². The first-order chi connectivity index (χ1) is 12.7. The molecule has 7 heteroatoms. The van der Waals surface area contributed by atoms with Crippen molar-refractivity contribution in [1.29, 1.82) is 0 Å². The molecule has 3 aromatic rings. The molecular weight excluding hydrogens is 330 g/mol. The summed E-state index contributed by atoms with van der Waals surface area (Å²) in [5.74, 6) is 1.37. The predicted molar refractivity (Wildman–Crippen MR) is 99.1 cm³/mol. The van der Waals surface area contributed by atoms with E-state index >= 15 is 0 Å². The van der Waals surface area contributed by atoms with Gasteiger partial charge in [0, 0.05) is 24.2 Å². The van der Waals surface area contributed by atoms with E-state index in [1.54, 1.807) is 16.8 Å². The van der Waals surface area contributed by atoms with E-state index in [1.807, 2.05) is 30.3 Å². The Morgan fingerprint density at radius 1 is 1.27 bits per heavy atom. The van der Waals surface area contributed by atoms with Crippen LogP contribution in [0.1, 0.15) is 23.2 Å². The van der Waals surface area contributed by atoms with Crippen LogP contribution in [-0.4, -0.2) is 45.3 Å². The number of imidazole rings is 1. The number of nitrogens with zero attached hydrogens (tertiary/aromatic N) is 3. The van der Waals surface area contributed by atoms with Gasteiger partial charge in [0.05, 0.1) is 18.5 Å². The fourth-order valence-electron chi connectivity index (χ4n) is 2.83. The molecule has 0 saturated heterocycles. The van der Waals surface area contributed by atoms with E-state index in [9.17, 15) is 4.79 Å². The third kappa shape index (κ3) is 3.52. The first kappa shape index (κ1) is 16.5. The van der Waals surface area contributed by atoms with Crippen LogP contribution in [0.5, 0.6) is 0 Å². The van der Waals surface area contributed by atoms with E-state index in [1.165, 1.54) is 12.8 Å². The number of nitrogens with one attached hydrogen (secondary N) is 2. The highest BCUT2D eigenvalue weighted by Gasteiger charge is 2.21. The van der Waals surface area contributed by atoms with E-state index in [0.717, 1.165) is 35.2 Å². The van der Waals surface area contributed by atoms with Crippen LogP contribution >= 0.6 is 0 Å². The quantitative estimate of drug-likeness (QED) is 0.605. The van der Waals surface area contributed by atoms with Crippen molar-refractivity contribution < 1.29 is 9.90 Å². The van der Waals surface area contributed by atoms with Crippen LogP contribution in [-0.2, 0) is 0 Å². The minimum absolute atomic E-state index is 0.0841. The van der Waals surface area contributed by atoms with Gasteiger partial charge < -0.3 is 15.7 Å². The number of amides is 1. The maximum Gasteiger partial charge on any atom is 0.251 e. The van der Waals surface area contributed by atoms with Crippen LogP contribution < -0.4 is 10.6 Å². The number of rotatable bonds is 7. The average Bonchev–Trinajstić information content (AvgIpc) is 3.42. The fraction of sp³-hybridized carbons (Fsp3) is 0.316. The molecule has 0 spiro atoms. The molecule has 1 amide bonds. The van der Waals surface area contributed by atoms with Crippen molar-refractivity contribution in [3.8, 4) is 11.3 Å². The van der Waals surface area contributed by atoms with Crippen molar-refractivity contribution in [2.24, 2.45) is 5.92 Å². The molecule has 134 valence electrons. The smallest absolute Gasteiger partial charge is 0.251 e. The molecule has 0 unspecified atom stereocenters. The molecule has 0 radical (unpaired) electrons. The van der Waals surface area contributed by atoms with E-state index in [0.29, 0.717) is 5.56 Å². The van der Waals surface area contributed by atoms with Gasteiger partial charge in [0.1, 0.15) is 5.82 Å². The van der Waals surface area contributed by atoms with Gasteiger partial charge in [0.25, 0.3) is 5.91 Å². The lowest BCUT2D eigenvalue weighted by Gasteiger charge is -2.08. The van der Waals surface area contributed by atoms with Gasteiger partial charge in [-0.05, 0) is 43.0 Å². The highest BCUT2D eigenvalue weighted by Crippen LogP contribution is 2.29. The van der Waals surface area contributed by atoms with Crippen LogP contribution in [0.3, 0.4) is 0 Å². The highest BCUT2D eigenvalue weighted by atomic mass is 16.3. The van der Waals surface area contributed by atoms with Gasteiger partial charge in [-0.3, -0.25) is 4.79 Å². The molecule has 7 nitrogen and oxygen atoms in total. The summed E-state index contributed by atoms with van der Waals surface area (Å²) in [6.07, 6.45) is 4.34. The van der Waals surface area contributed by atoms with Crippen molar-refractivity contribution in [1.82, 2.24) is 19.9 Å². The number of carbonyl (C=O) groups excluding carboxylic acids is 1. The molecule has 0 atom stereocenters. The molecule has 4 rings (SSSR count). The summed E-state index contributed by atoms with van der Waals surface area (Å²) in [6.45, 7) is 1.10.